The van der Waals surface area contributed by atoms with Crippen LogP contribution in [0.5, 0.6) is 0 Å². The van der Waals surface area contributed by atoms with Crippen molar-refractivity contribution in [2.24, 2.45) is 5.92 Å². The lowest BCUT2D eigenvalue weighted by molar-refractivity contribution is 0.0708. The van der Waals surface area contributed by atoms with Gasteiger partial charge in [-0.25, -0.2) is 0 Å². The molecule has 25 heavy (non-hydrogen) atoms. The van der Waals surface area contributed by atoms with Crippen molar-refractivity contribution in [2.75, 3.05) is 26.2 Å². The molecule has 1 fully saturated rings. The summed E-state index contributed by atoms with van der Waals surface area (Å²) < 4.78 is 5.45. The molecule has 0 spiro atoms. The molecule has 3 heterocycles. The molecule has 134 valence electrons. The third kappa shape index (κ3) is 4.22. The summed E-state index contributed by atoms with van der Waals surface area (Å²) in [7, 11) is 0. The highest BCUT2D eigenvalue weighted by Crippen LogP contribution is 2.25. The van der Waals surface area contributed by atoms with E-state index in [1.807, 2.05) is 11.8 Å². The molecule has 1 unspecified atom stereocenters. The minimum absolute atomic E-state index is 0.000680. The van der Waals surface area contributed by atoms with Gasteiger partial charge >= 0.3 is 0 Å². The molecule has 0 saturated carbocycles. The molecule has 3 rings (SSSR count). The summed E-state index contributed by atoms with van der Waals surface area (Å²) in [6.45, 7) is 9.30. The normalized spacial score (nSPS) is 19.2. The number of carbonyl (C=O) groups excluding carboxylic acids is 1. The fraction of sp³-hybridized carbons (Fsp3) is 0.556. The molecule has 0 aliphatic carbocycles. The van der Waals surface area contributed by atoms with Gasteiger partial charge in [0.15, 0.2) is 5.82 Å². The van der Waals surface area contributed by atoms with Gasteiger partial charge in [-0.15, -0.1) is 0 Å². The van der Waals surface area contributed by atoms with Crippen LogP contribution >= 0.6 is 0 Å². The molecule has 1 aliphatic heterocycles. The number of nitrogens with zero attached hydrogens (tertiary/aromatic N) is 5. The minimum Gasteiger partial charge on any atom is -0.338 e. The monoisotopic (exact) mass is 343 g/mol. The summed E-state index contributed by atoms with van der Waals surface area (Å²) in [6.07, 6.45) is 4.21. The van der Waals surface area contributed by atoms with Gasteiger partial charge < -0.3 is 9.42 Å². The maximum atomic E-state index is 12.9. The van der Waals surface area contributed by atoms with Crippen molar-refractivity contribution in [1.82, 2.24) is 24.9 Å². The molecular formula is C18H25N5O2. The quantitative estimate of drug-likeness (QED) is 0.848. The van der Waals surface area contributed by atoms with Crippen molar-refractivity contribution in [2.45, 2.75) is 33.2 Å². The van der Waals surface area contributed by atoms with Gasteiger partial charge in [0.2, 0.25) is 5.89 Å². The Labute approximate surface area is 148 Å². The summed E-state index contributed by atoms with van der Waals surface area (Å²) in [5.41, 5.74) is 0.611. The molecule has 7 heteroatoms. The van der Waals surface area contributed by atoms with Crippen LogP contribution in [0.4, 0.5) is 0 Å². The molecule has 1 aliphatic rings. The third-order valence-electron chi connectivity index (χ3n) is 4.33. The molecule has 0 bridgehead atoms. The molecule has 1 amide bonds. The number of hydrogen-bond acceptors (Lipinski definition) is 6. The van der Waals surface area contributed by atoms with Crippen LogP contribution in [0, 0.1) is 12.8 Å². The first-order valence-corrected chi connectivity index (χ1v) is 8.78. The van der Waals surface area contributed by atoms with E-state index in [-0.39, 0.29) is 11.9 Å². The van der Waals surface area contributed by atoms with E-state index in [9.17, 15) is 4.79 Å². The Bertz CT molecular complexity index is 701. The van der Waals surface area contributed by atoms with Crippen molar-refractivity contribution < 1.29 is 9.32 Å². The van der Waals surface area contributed by atoms with Gasteiger partial charge in [0.25, 0.3) is 5.91 Å². The van der Waals surface area contributed by atoms with Crippen molar-refractivity contribution in [3.63, 3.8) is 0 Å². The van der Waals surface area contributed by atoms with E-state index in [0.717, 1.165) is 19.5 Å². The van der Waals surface area contributed by atoms with E-state index in [2.05, 4.69) is 33.9 Å². The maximum Gasteiger partial charge on any atom is 0.255 e. The average molecular weight is 343 g/mol. The third-order valence-corrected chi connectivity index (χ3v) is 4.33. The zero-order chi connectivity index (χ0) is 17.8. The second-order valence-electron chi connectivity index (χ2n) is 6.93. The fourth-order valence-electron chi connectivity index (χ4n) is 3.26. The van der Waals surface area contributed by atoms with Gasteiger partial charge in [0, 0.05) is 38.6 Å². The second kappa shape index (κ2) is 7.74. The van der Waals surface area contributed by atoms with Crippen LogP contribution in [0.3, 0.4) is 0 Å². The smallest absolute Gasteiger partial charge is 0.255 e. The largest absolute Gasteiger partial charge is 0.338 e. The van der Waals surface area contributed by atoms with E-state index in [4.69, 9.17) is 4.52 Å². The Morgan fingerprint density at radius 2 is 2.24 bits per heavy atom. The molecule has 7 nitrogen and oxygen atoms in total. The topological polar surface area (TPSA) is 75.4 Å². The summed E-state index contributed by atoms with van der Waals surface area (Å²) >= 11 is 0. The highest BCUT2D eigenvalue weighted by Gasteiger charge is 2.32. The number of amides is 1. The number of pyridine rings is 1. The molecule has 0 aromatic carbocycles. The summed E-state index contributed by atoms with van der Waals surface area (Å²) in [5.74, 6) is 1.73. The van der Waals surface area contributed by atoms with Gasteiger partial charge in [-0.05, 0) is 31.4 Å². The molecule has 2 aromatic rings. The predicted molar refractivity (Wildman–Crippen MR) is 92.9 cm³/mol. The first kappa shape index (κ1) is 17.5. The van der Waals surface area contributed by atoms with Crippen molar-refractivity contribution in [3.05, 3.63) is 41.8 Å². The highest BCUT2D eigenvalue weighted by molar-refractivity contribution is 5.93. The Morgan fingerprint density at radius 1 is 1.40 bits per heavy atom. The van der Waals surface area contributed by atoms with Crippen LogP contribution in [0.15, 0.2) is 29.0 Å². The Hall–Kier alpha value is -2.28. The van der Waals surface area contributed by atoms with Crippen LogP contribution in [-0.2, 0) is 0 Å². The molecule has 2 aromatic heterocycles. The molecule has 1 saturated heterocycles. The number of aromatic nitrogens is 3. The molecule has 0 radical (unpaired) electrons. The van der Waals surface area contributed by atoms with E-state index in [0.29, 0.717) is 36.3 Å². The first-order chi connectivity index (χ1) is 12.0. The second-order valence-corrected chi connectivity index (χ2v) is 6.93. The van der Waals surface area contributed by atoms with E-state index in [1.54, 1.807) is 24.5 Å². The van der Waals surface area contributed by atoms with Gasteiger partial charge in [-0.1, -0.05) is 19.0 Å². The summed E-state index contributed by atoms with van der Waals surface area (Å²) in [6, 6.07) is 3.51. The lowest BCUT2D eigenvalue weighted by atomic mass is 10.1. The SMILES string of the molecule is Cc1noc(C2CN(C(=O)c3cccnc3)CCCN2CC(C)C)n1. The number of carbonyl (C=O) groups is 1. The molecule has 0 N–H and O–H groups in total. The van der Waals surface area contributed by atoms with Crippen LogP contribution in [0.2, 0.25) is 0 Å². The maximum absolute atomic E-state index is 12.9. The van der Waals surface area contributed by atoms with Crippen LogP contribution in [-0.4, -0.2) is 57.0 Å². The Morgan fingerprint density at radius 3 is 2.88 bits per heavy atom. The van der Waals surface area contributed by atoms with Crippen LogP contribution < -0.4 is 0 Å². The van der Waals surface area contributed by atoms with Gasteiger partial charge in [-0.2, -0.15) is 4.98 Å². The van der Waals surface area contributed by atoms with Crippen LogP contribution in [0.25, 0.3) is 0 Å². The minimum atomic E-state index is -0.0771. The van der Waals surface area contributed by atoms with Crippen molar-refractivity contribution in [3.8, 4) is 0 Å². The highest BCUT2D eigenvalue weighted by atomic mass is 16.5. The summed E-state index contributed by atoms with van der Waals surface area (Å²) in [5, 5.41) is 3.94. The van der Waals surface area contributed by atoms with E-state index < -0.39 is 0 Å². The lowest BCUT2D eigenvalue weighted by Gasteiger charge is -2.30. The number of rotatable bonds is 4. The Balaban J connectivity index is 1.85. The zero-order valence-corrected chi connectivity index (χ0v) is 15.1. The average Bonchev–Trinajstić information content (AvgIpc) is 2.92. The fourth-order valence-corrected chi connectivity index (χ4v) is 3.26. The van der Waals surface area contributed by atoms with E-state index in [1.165, 1.54) is 0 Å². The number of hydrogen-bond donors (Lipinski definition) is 0. The number of aryl methyl sites for hydroxylation is 1. The summed E-state index contributed by atoms with van der Waals surface area (Å²) in [4.78, 5) is 25.6. The van der Waals surface area contributed by atoms with Crippen LogP contribution in [0.1, 0.15) is 48.4 Å². The first-order valence-electron chi connectivity index (χ1n) is 8.78. The lowest BCUT2D eigenvalue weighted by Crippen LogP contribution is -2.39. The van der Waals surface area contributed by atoms with Gasteiger partial charge in [-0.3, -0.25) is 14.7 Å². The molecule has 1 atom stereocenters. The van der Waals surface area contributed by atoms with Gasteiger partial charge in [0.1, 0.15) is 6.04 Å². The van der Waals surface area contributed by atoms with Gasteiger partial charge in [0.05, 0.1) is 5.56 Å². The zero-order valence-electron chi connectivity index (χ0n) is 15.1. The van der Waals surface area contributed by atoms with E-state index >= 15 is 0 Å². The van der Waals surface area contributed by atoms with Crippen molar-refractivity contribution >= 4 is 5.91 Å². The Kier molecular flexibility index (Phi) is 5.43. The predicted octanol–water partition coefficient (Wildman–Crippen LogP) is 2.32. The standard InChI is InChI=1S/C18H25N5O2/c1-13(2)11-22-8-5-9-23(18(24)15-6-4-7-19-10-15)12-16(22)17-20-14(3)21-25-17/h4,6-7,10,13,16H,5,8-9,11-12H2,1-3H3. The van der Waals surface area contributed by atoms with Crippen molar-refractivity contribution in [1.29, 1.82) is 0 Å². The molecular weight excluding hydrogens is 318 g/mol.